The number of hydrogen-bond acceptors (Lipinski definition) is 4. The fourth-order valence-electron chi connectivity index (χ4n) is 1.67. The van der Waals surface area contributed by atoms with Crippen molar-refractivity contribution in [3.05, 3.63) is 33.2 Å². The van der Waals surface area contributed by atoms with Crippen molar-refractivity contribution in [2.45, 2.75) is 26.3 Å². The first-order chi connectivity index (χ1) is 9.47. The summed E-state index contributed by atoms with van der Waals surface area (Å²) in [6.07, 6.45) is 0.690. The average molecular weight is 362 g/mol. The van der Waals surface area contributed by atoms with Gasteiger partial charge in [-0.05, 0) is 12.1 Å². The number of hydrogen-bond donors (Lipinski definition) is 1. The van der Waals surface area contributed by atoms with Crippen LogP contribution in [0.25, 0.3) is 10.6 Å². The minimum Gasteiger partial charge on any atom is -0.314 e. The average Bonchev–Trinajstić information content (AvgIpc) is 2.75. The first-order valence-corrected chi connectivity index (χ1v) is 7.79. The maximum atomic E-state index is 13.8. The van der Waals surface area contributed by atoms with Gasteiger partial charge >= 0.3 is 0 Å². The minimum absolute atomic E-state index is 0.117. The number of rotatable bonds is 5. The lowest BCUT2D eigenvalue weighted by atomic mass is 10.2. The second-order valence-electron chi connectivity index (χ2n) is 4.60. The molecule has 0 unspecified atom stereocenters. The number of halogens is 3. The number of benzene rings is 1. The van der Waals surface area contributed by atoms with Crippen LogP contribution in [0.15, 0.2) is 16.6 Å². The van der Waals surface area contributed by atoms with Gasteiger partial charge in [0.1, 0.15) is 16.6 Å². The molecule has 108 valence electrons. The topological polar surface area (TPSA) is 37.8 Å². The third-order valence-corrected chi connectivity index (χ3v) is 4.04. The van der Waals surface area contributed by atoms with Crippen LogP contribution in [0, 0.1) is 11.6 Å². The molecule has 1 aromatic carbocycles. The predicted molar refractivity (Wildman–Crippen MR) is 79.8 cm³/mol. The molecule has 3 nitrogen and oxygen atoms in total. The highest BCUT2D eigenvalue weighted by atomic mass is 79.9. The molecule has 7 heteroatoms. The Kier molecular flexibility index (Phi) is 5.17. The van der Waals surface area contributed by atoms with Gasteiger partial charge < -0.3 is 5.32 Å². The predicted octanol–water partition coefficient (Wildman–Crippen LogP) is 3.79. The SMILES string of the molecule is CC(C)NCCc1nnc(-c2c(F)cc(Br)cc2F)s1. The minimum atomic E-state index is -0.639. The largest absolute Gasteiger partial charge is 0.314 e. The van der Waals surface area contributed by atoms with E-state index < -0.39 is 11.6 Å². The van der Waals surface area contributed by atoms with Crippen LogP contribution in [0.3, 0.4) is 0 Å². The van der Waals surface area contributed by atoms with Crippen LogP contribution in [-0.4, -0.2) is 22.8 Å². The molecule has 0 aliphatic heterocycles. The molecule has 2 aromatic rings. The van der Waals surface area contributed by atoms with Crippen molar-refractivity contribution >= 4 is 27.3 Å². The molecule has 20 heavy (non-hydrogen) atoms. The smallest absolute Gasteiger partial charge is 0.153 e. The highest BCUT2D eigenvalue weighted by Gasteiger charge is 2.17. The molecule has 0 atom stereocenters. The molecule has 1 N–H and O–H groups in total. The van der Waals surface area contributed by atoms with E-state index in [1.165, 1.54) is 23.5 Å². The summed E-state index contributed by atoms with van der Waals surface area (Å²) in [4.78, 5) is 0. The Bertz CT molecular complexity index is 578. The second kappa shape index (κ2) is 6.69. The van der Waals surface area contributed by atoms with Crippen molar-refractivity contribution in [3.8, 4) is 10.6 Å². The summed E-state index contributed by atoms with van der Waals surface area (Å²) in [6.45, 7) is 4.87. The van der Waals surface area contributed by atoms with Gasteiger partial charge in [-0.15, -0.1) is 10.2 Å². The summed E-state index contributed by atoms with van der Waals surface area (Å²) in [7, 11) is 0. The monoisotopic (exact) mass is 361 g/mol. The van der Waals surface area contributed by atoms with E-state index in [-0.39, 0.29) is 10.6 Å². The maximum Gasteiger partial charge on any atom is 0.153 e. The quantitative estimate of drug-likeness (QED) is 0.880. The molecule has 0 saturated heterocycles. The van der Waals surface area contributed by atoms with Crippen molar-refractivity contribution < 1.29 is 8.78 Å². The Hall–Kier alpha value is -0.920. The van der Waals surface area contributed by atoms with Gasteiger partial charge in [0.15, 0.2) is 5.01 Å². The number of nitrogens with one attached hydrogen (secondary N) is 1. The molecule has 0 aliphatic rings. The molecule has 0 spiro atoms. The van der Waals surface area contributed by atoms with E-state index >= 15 is 0 Å². The molecule has 0 fully saturated rings. The highest BCUT2D eigenvalue weighted by molar-refractivity contribution is 9.10. The van der Waals surface area contributed by atoms with Crippen LogP contribution in [0.2, 0.25) is 0 Å². The number of nitrogens with zero attached hydrogens (tertiary/aromatic N) is 2. The first kappa shape index (κ1) is 15.5. The van der Waals surface area contributed by atoms with Gasteiger partial charge in [-0.25, -0.2) is 8.78 Å². The lowest BCUT2D eigenvalue weighted by molar-refractivity contribution is 0.586. The fourth-order valence-corrected chi connectivity index (χ4v) is 2.96. The van der Waals surface area contributed by atoms with Crippen molar-refractivity contribution in [2.24, 2.45) is 0 Å². The van der Waals surface area contributed by atoms with Gasteiger partial charge in [0.2, 0.25) is 0 Å². The maximum absolute atomic E-state index is 13.8. The third-order valence-electron chi connectivity index (χ3n) is 2.58. The zero-order chi connectivity index (χ0) is 14.7. The van der Waals surface area contributed by atoms with Crippen LogP contribution in [0.1, 0.15) is 18.9 Å². The fraction of sp³-hybridized carbons (Fsp3) is 0.385. The van der Waals surface area contributed by atoms with E-state index in [1.807, 2.05) is 0 Å². The van der Waals surface area contributed by atoms with Gasteiger partial charge in [0.05, 0.1) is 5.56 Å². The van der Waals surface area contributed by atoms with Crippen LogP contribution < -0.4 is 5.32 Å². The Morgan fingerprint density at radius 3 is 2.50 bits per heavy atom. The molecule has 1 heterocycles. The number of aromatic nitrogens is 2. The van der Waals surface area contributed by atoms with Crippen molar-refractivity contribution in [3.63, 3.8) is 0 Å². The second-order valence-corrected chi connectivity index (χ2v) is 6.58. The Labute approximate surface area is 128 Å². The molecule has 0 amide bonds. The zero-order valence-corrected chi connectivity index (χ0v) is 13.5. The van der Waals surface area contributed by atoms with Gasteiger partial charge in [-0.1, -0.05) is 41.1 Å². The van der Waals surface area contributed by atoms with E-state index in [9.17, 15) is 8.78 Å². The Morgan fingerprint density at radius 2 is 1.90 bits per heavy atom. The van der Waals surface area contributed by atoms with Gasteiger partial charge in [-0.2, -0.15) is 0 Å². The van der Waals surface area contributed by atoms with Crippen molar-refractivity contribution in [1.82, 2.24) is 15.5 Å². The summed E-state index contributed by atoms with van der Waals surface area (Å²) in [5, 5.41) is 12.1. The molecule has 0 aliphatic carbocycles. The highest BCUT2D eigenvalue weighted by Crippen LogP contribution is 2.31. The lowest BCUT2D eigenvalue weighted by Crippen LogP contribution is -2.24. The van der Waals surface area contributed by atoms with Crippen LogP contribution in [0.4, 0.5) is 8.78 Å². The van der Waals surface area contributed by atoms with E-state index in [1.54, 1.807) is 0 Å². The van der Waals surface area contributed by atoms with E-state index in [0.717, 1.165) is 11.6 Å². The van der Waals surface area contributed by atoms with Crippen LogP contribution >= 0.6 is 27.3 Å². The van der Waals surface area contributed by atoms with Crippen molar-refractivity contribution in [1.29, 1.82) is 0 Å². The van der Waals surface area contributed by atoms with E-state index in [2.05, 4.69) is 45.3 Å². The summed E-state index contributed by atoms with van der Waals surface area (Å²) in [5.74, 6) is -1.28. The molecular formula is C13H14BrF2N3S. The standard InChI is InChI=1S/C13H14BrF2N3S/c1-7(2)17-4-3-11-18-19-13(20-11)12-9(15)5-8(14)6-10(12)16/h5-7,17H,3-4H2,1-2H3. The van der Waals surface area contributed by atoms with Crippen LogP contribution in [0.5, 0.6) is 0 Å². The Balaban J connectivity index is 2.17. The zero-order valence-electron chi connectivity index (χ0n) is 11.1. The van der Waals surface area contributed by atoms with Gasteiger partial charge in [0.25, 0.3) is 0 Å². The summed E-state index contributed by atoms with van der Waals surface area (Å²) < 4.78 is 28.0. The van der Waals surface area contributed by atoms with Gasteiger partial charge in [-0.3, -0.25) is 0 Å². The molecular weight excluding hydrogens is 348 g/mol. The molecule has 0 bridgehead atoms. The molecule has 0 radical (unpaired) electrons. The third kappa shape index (κ3) is 3.80. The Morgan fingerprint density at radius 1 is 1.25 bits per heavy atom. The lowest BCUT2D eigenvalue weighted by Gasteiger charge is -2.05. The summed E-state index contributed by atoms with van der Waals surface area (Å²) >= 11 is 4.27. The molecule has 0 saturated carbocycles. The first-order valence-electron chi connectivity index (χ1n) is 6.18. The molecule has 1 aromatic heterocycles. The molecule has 2 rings (SSSR count). The summed E-state index contributed by atoms with van der Waals surface area (Å²) in [5.41, 5.74) is -0.117. The van der Waals surface area contributed by atoms with E-state index in [0.29, 0.717) is 16.9 Å². The van der Waals surface area contributed by atoms with E-state index in [4.69, 9.17) is 0 Å². The van der Waals surface area contributed by atoms with Crippen molar-refractivity contribution in [2.75, 3.05) is 6.54 Å². The normalized spacial score (nSPS) is 11.3. The van der Waals surface area contributed by atoms with Crippen LogP contribution in [-0.2, 0) is 6.42 Å². The van der Waals surface area contributed by atoms with Gasteiger partial charge in [0, 0.05) is 23.5 Å². The summed E-state index contributed by atoms with van der Waals surface area (Å²) in [6, 6.07) is 2.84.